The highest BCUT2D eigenvalue weighted by atomic mass is 16.5. The molecule has 2 aliphatic heterocycles. The zero-order chi connectivity index (χ0) is 15.7. The molecule has 1 saturated carbocycles. The topological polar surface area (TPSA) is 58.6 Å². The molecule has 0 unspecified atom stereocenters. The lowest BCUT2D eigenvalue weighted by molar-refractivity contribution is -0.194. The predicted octanol–water partition coefficient (Wildman–Crippen LogP) is 1.85. The van der Waals surface area contributed by atoms with Gasteiger partial charge < -0.3 is 15.0 Å². The van der Waals surface area contributed by atoms with Crippen LogP contribution in [0.2, 0.25) is 0 Å². The molecule has 0 radical (unpaired) electrons. The van der Waals surface area contributed by atoms with E-state index in [-0.39, 0.29) is 29.6 Å². The Morgan fingerprint density at radius 3 is 2.45 bits per heavy atom. The fourth-order valence-corrected chi connectivity index (χ4v) is 4.62. The average molecular weight is 308 g/mol. The SMILES string of the molecule is CC(=O)N[C@@H]1CC2(CCN(C(C)=O)CC2)O[C@@H]2CCCC[C@@H]12. The number of fused-ring (bicyclic) bond motifs is 1. The van der Waals surface area contributed by atoms with Crippen molar-refractivity contribution in [3.63, 3.8) is 0 Å². The van der Waals surface area contributed by atoms with Crippen molar-refractivity contribution in [1.29, 1.82) is 0 Å². The number of carbonyl (C=O) groups is 2. The van der Waals surface area contributed by atoms with Gasteiger partial charge in [0.05, 0.1) is 11.7 Å². The van der Waals surface area contributed by atoms with Crippen molar-refractivity contribution in [2.24, 2.45) is 5.92 Å². The van der Waals surface area contributed by atoms with E-state index in [1.807, 2.05) is 4.90 Å². The molecule has 3 rings (SSSR count). The molecule has 2 heterocycles. The van der Waals surface area contributed by atoms with Gasteiger partial charge in [-0.2, -0.15) is 0 Å². The minimum absolute atomic E-state index is 0.0625. The standard InChI is InChI=1S/C17H28N2O3/c1-12(20)18-15-11-17(7-9-19(10-8-17)13(2)21)22-16-6-4-3-5-14(15)16/h14-16H,3-11H2,1-2H3,(H,18,20)/t14-,15+,16+/m0/s1. The Hall–Kier alpha value is -1.10. The van der Waals surface area contributed by atoms with Crippen LogP contribution < -0.4 is 5.32 Å². The van der Waals surface area contributed by atoms with Gasteiger partial charge in [0.2, 0.25) is 11.8 Å². The quantitative estimate of drug-likeness (QED) is 0.804. The molecule has 2 amide bonds. The van der Waals surface area contributed by atoms with Gasteiger partial charge in [-0.1, -0.05) is 12.8 Å². The number of likely N-dealkylation sites (tertiary alicyclic amines) is 1. The van der Waals surface area contributed by atoms with Gasteiger partial charge in [-0.3, -0.25) is 9.59 Å². The molecular weight excluding hydrogens is 280 g/mol. The lowest BCUT2D eigenvalue weighted by Gasteiger charge is -2.53. The molecule has 22 heavy (non-hydrogen) atoms. The van der Waals surface area contributed by atoms with E-state index in [0.717, 1.165) is 45.2 Å². The molecule has 3 fully saturated rings. The molecule has 0 aromatic rings. The highest BCUT2D eigenvalue weighted by molar-refractivity contribution is 5.73. The molecule has 1 spiro atoms. The first-order chi connectivity index (χ1) is 10.5. The van der Waals surface area contributed by atoms with Gasteiger partial charge in [0.25, 0.3) is 0 Å². The van der Waals surface area contributed by atoms with Crippen molar-refractivity contribution in [2.75, 3.05) is 13.1 Å². The van der Waals surface area contributed by atoms with Crippen molar-refractivity contribution in [3.05, 3.63) is 0 Å². The third-order valence-corrected chi connectivity index (χ3v) is 5.77. The summed E-state index contributed by atoms with van der Waals surface area (Å²) in [6, 6.07) is 0.237. The number of carbonyl (C=O) groups excluding carboxylic acids is 2. The van der Waals surface area contributed by atoms with Crippen molar-refractivity contribution in [1.82, 2.24) is 10.2 Å². The van der Waals surface area contributed by atoms with E-state index >= 15 is 0 Å². The van der Waals surface area contributed by atoms with Crippen LogP contribution in [0.5, 0.6) is 0 Å². The summed E-state index contributed by atoms with van der Waals surface area (Å²) in [5, 5.41) is 3.19. The number of hydrogen-bond acceptors (Lipinski definition) is 3. The van der Waals surface area contributed by atoms with Gasteiger partial charge in [0, 0.05) is 38.9 Å². The first-order valence-corrected chi connectivity index (χ1v) is 8.69. The second-order valence-corrected chi connectivity index (χ2v) is 7.30. The second-order valence-electron chi connectivity index (χ2n) is 7.30. The molecule has 5 heteroatoms. The van der Waals surface area contributed by atoms with Crippen LogP contribution in [0, 0.1) is 5.92 Å². The molecule has 3 aliphatic rings. The number of amides is 2. The van der Waals surface area contributed by atoms with Crippen LogP contribution in [-0.2, 0) is 14.3 Å². The van der Waals surface area contributed by atoms with Crippen LogP contribution >= 0.6 is 0 Å². The smallest absolute Gasteiger partial charge is 0.219 e. The molecule has 2 saturated heterocycles. The minimum Gasteiger partial charge on any atom is -0.371 e. The van der Waals surface area contributed by atoms with E-state index in [1.54, 1.807) is 13.8 Å². The van der Waals surface area contributed by atoms with Gasteiger partial charge in [-0.05, 0) is 32.1 Å². The Bertz CT molecular complexity index is 443. The summed E-state index contributed by atoms with van der Waals surface area (Å²) in [4.78, 5) is 25.0. The van der Waals surface area contributed by atoms with Gasteiger partial charge in [0.15, 0.2) is 0 Å². The molecule has 0 aromatic carbocycles. The largest absolute Gasteiger partial charge is 0.371 e. The summed E-state index contributed by atoms with van der Waals surface area (Å²) in [5.74, 6) is 0.682. The number of ether oxygens (including phenoxy) is 1. The fraction of sp³-hybridized carbons (Fsp3) is 0.882. The molecule has 1 aliphatic carbocycles. The lowest BCUT2D eigenvalue weighted by Crippen LogP contribution is -2.60. The van der Waals surface area contributed by atoms with E-state index in [1.165, 1.54) is 12.8 Å². The Kier molecular flexibility index (Phi) is 4.44. The third-order valence-electron chi connectivity index (χ3n) is 5.77. The van der Waals surface area contributed by atoms with E-state index in [4.69, 9.17) is 4.74 Å². The monoisotopic (exact) mass is 308 g/mol. The summed E-state index contributed by atoms with van der Waals surface area (Å²) >= 11 is 0. The zero-order valence-corrected chi connectivity index (χ0v) is 13.8. The van der Waals surface area contributed by atoms with Crippen LogP contribution in [0.25, 0.3) is 0 Å². The Morgan fingerprint density at radius 1 is 1.14 bits per heavy atom. The highest BCUT2D eigenvalue weighted by Gasteiger charge is 2.49. The fourth-order valence-electron chi connectivity index (χ4n) is 4.62. The molecule has 0 bridgehead atoms. The first-order valence-electron chi connectivity index (χ1n) is 8.69. The maximum atomic E-state index is 11.6. The zero-order valence-electron chi connectivity index (χ0n) is 13.8. The van der Waals surface area contributed by atoms with Crippen LogP contribution in [0.4, 0.5) is 0 Å². The van der Waals surface area contributed by atoms with Gasteiger partial charge in [0.1, 0.15) is 0 Å². The number of nitrogens with zero attached hydrogens (tertiary/aromatic N) is 1. The maximum absolute atomic E-state index is 11.6. The third kappa shape index (κ3) is 3.14. The molecule has 124 valence electrons. The number of rotatable bonds is 1. The van der Waals surface area contributed by atoms with Crippen LogP contribution in [-0.4, -0.2) is 47.6 Å². The van der Waals surface area contributed by atoms with Crippen molar-refractivity contribution >= 4 is 11.8 Å². The van der Waals surface area contributed by atoms with E-state index < -0.39 is 0 Å². The van der Waals surface area contributed by atoms with Gasteiger partial charge in [-0.15, -0.1) is 0 Å². The average Bonchev–Trinajstić information content (AvgIpc) is 2.47. The summed E-state index contributed by atoms with van der Waals surface area (Å²) < 4.78 is 6.57. The summed E-state index contributed by atoms with van der Waals surface area (Å²) in [5.41, 5.74) is -0.141. The number of piperidine rings is 1. The summed E-state index contributed by atoms with van der Waals surface area (Å²) in [6.45, 7) is 4.80. The lowest BCUT2D eigenvalue weighted by atomic mass is 9.71. The van der Waals surface area contributed by atoms with E-state index in [9.17, 15) is 9.59 Å². The number of hydrogen-bond donors (Lipinski definition) is 1. The van der Waals surface area contributed by atoms with Crippen LogP contribution in [0.1, 0.15) is 58.8 Å². The van der Waals surface area contributed by atoms with E-state index in [2.05, 4.69) is 5.32 Å². The van der Waals surface area contributed by atoms with Crippen LogP contribution in [0.3, 0.4) is 0 Å². The molecule has 1 N–H and O–H groups in total. The molecular formula is C17H28N2O3. The van der Waals surface area contributed by atoms with Crippen LogP contribution in [0.15, 0.2) is 0 Å². The molecule has 3 atom stereocenters. The first kappa shape index (κ1) is 15.8. The summed E-state index contributed by atoms with van der Waals surface area (Å²) in [7, 11) is 0. The number of nitrogens with one attached hydrogen (secondary N) is 1. The molecule has 5 nitrogen and oxygen atoms in total. The minimum atomic E-state index is -0.141. The molecule has 0 aromatic heterocycles. The normalized spacial score (nSPS) is 34.1. The van der Waals surface area contributed by atoms with Gasteiger partial charge in [-0.25, -0.2) is 0 Å². The van der Waals surface area contributed by atoms with Crippen molar-refractivity contribution in [2.45, 2.75) is 76.5 Å². The Morgan fingerprint density at radius 2 is 1.82 bits per heavy atom. The Labute approximate surface area is 132 Å². The van der Waals surface area contributed by atoms with E-state index in [0.29, 0.717) is 5.92 Å². The van der Waals surface area contributed by atoms with Crippen molar-refractivity contribution in [3.8, 4) is 0 Å². The van der Waals surface area contributed by atoms with Gasteiger partial charge >= 0.3 is 0 Å². The second kappa shape index (κ2) is 6.19. The Balaban J connectivity index is 1.73. The predicted molar refractivity (Wildman–Crippen MR) is 83.3 cm³/mol. The maximum Gasteiger partial charge on any atom is 0.219 e. The van der Waals surface area contributed by atoms with Crippen molar-refractivity contribution < 1.29 is 14.3 Å². The summed E-state index contributed by atoms with van der Waals surface area (Å²) in [6.07, 6.45) is 7.71. The highest BCUT2D eigenvalue weighted by Crippen LogP contribution is 2.44.